The molecular formula is C25H26FN5O2. The first-order valence-corrected chi connectivity index (χ1v) is 10.9. The lowest BCUT2D eigenvalue weighted by Gasteiger charge is -2.11. The van der Waals surface area contributed by atoms with Gasteiger partial charge in [-0.1, -0.05) is 23.8 Å². The highest BCUT2D eigenvalue weighted by Gasteiger charge is 2.19. The summed E-state index contributed by atoms with van der Waals surface area (Å²) in [6.45, 7) is 7.99. The summed E-state index contributed by atoms with van der Waals surface area (Å²) in [4.78, 5) is 30.3. The molecule has 2 aromatic carbocycles. The summed E-state index contributed by atoms with van der Waals surface area (Å²) >= 11 is 0. The Morgan fingerprint density at radius 3 is 2.52 bits per heavy atom. The molecule has 170 valence electrons. The van der Waals surface area contributed by atoms with Crippen molar-refractivity contribution in [3.63, 3.8) is 0 Å². The minimum absolute atomic E-state index is 0.0541. The van der Waals surface area contributed by atoms with Crippen LogP contribution in [0.25, 0.3) is 16.9 Å². The molecule has 2 aromatic heterocycles. The number of rotatable bonds is 6. The predicted molar refractivity (Wildman–Crippen MR) is 126 cm³/mol. The molecule has 4 aromatic rings. The van der Waals surface area contributed by atoms with Gasteiger partial charge < -0.3 is 5.32 Å². The van der Waals surface area contributed by atoms with E-state index in [4.69, 9.17) is 0 Å². The zero-order valence-corrected chi connectivity index (χ0v) is 19.1. The van der Waals surface area contributed by atoms with Gasteiger partial charge >= 0.3 is 0 Å². The molecule has 0 radical (unpaired) electrons. The number of amides is 1. The molecule has 7 nitrogen and oxygen atoms in total. The monoisotopic (exact) mass is 447 g/mol. The van der Waals surface area contributed by atoms with Crippen LogP contribution in [0.4, 0.5) is 10.1 Å². The van der Waals surface area contributed by atoms with Crippen molar-refractivity contribution >= 4 is 22.8 Å². The Balaban J connectivity index is 1.65. The number of nitrogens with one attached hydrogen (secondary N) is 1. The fraction of sp³-hybridized carbons (Fsp3) is 0.280. The van der Waals surface area contributed by atoms with Gasteiger partial charge in [0, 0.05) is 25.1 Å². The summed E-state index contributed by atoms with van der Waals surface area (Å²) < 4.78 is 16.9. The standard InChI is InChI=1S/C25H26FN5O2/c1-5-30-24-23(17(4)29-31(24)19-10-6-15(2)7-11-19)28-20(25(30)33)12-13-22(32)27-21-14-18(26)9-8-16(21)3/h6-11,14H,5,12-13H2,1-4H3,(H,27,32). The fourth-order valence-electron chi connectivity index (χ4n) is 3.81. The van der Waals surface area contributed by atoms with Gasteiger partial charge in [-0.15, -0.1) is 0 Å². The van der Waals surface area contributed by atoms with E-state index >= 15 is 0 Å². The van der Waals surface area contributed by atoms with Gasteiger partial charge in [-0.3, -0.25) is 14.2 Å². The molecule has 4 rings (SSSR count). The third kappa shape index (κ3) is 4.41. The second-order valence-electron chi connectivity index (χ2n) is 8.12. The summed E-state index contributed by atoms with van der Waals surface area (Å²) in [5.41, 5.74) is 5.19. The molecule has 0 saturated heterocycles. The first-order chi connectivity index (χ1) is 15.8. The highest BCUT2D eigenvalue weighted by molar-refractivity contribution is 5.91. The fourth-order valence-corrected chi connectivity index (χ4v) is 3.81. The Morgan fingerprint density at radius 2 is 1.82 bits per heavy atom. The molecule has 8 heteroatoms. The van der Waals surface area contributed by atoms with E-state index in [1.54, 1.807) is 22.2 Å². The maximum absolute atomic E-state index is 13.5. The van der Waals surface area contributed by atoms with Gasteiger partial charge in [0.1, 0.15) is 17.0 Å². The number of fused-ring (bicyclic) bond motifs is 1. The molecule has 0 aliphatic carbocycles. The van der Waals surface area contributed by atoms with Crippen molar-refractivity contribution in [2.75, 3.05) is 5.32 Å². The Hall–Kier alpha value is -3.81. The maximum atomic E-state index is 13.5. The molecule has 33 heavy (non-hydrogen) atoms. The van der Waals surface area contributed by atoms with Crippen molar-refractivity contribution in [2.45, 2.75) is 47.1 Å². The van der Waals surface area contributed by atoms with Gasteiger partial charge in [0.15, 0.2) is 5.65 Å². The van der Waals surface area contributed by atoms with Gasteiger partial charge in [0.2, 0.25) is 5.91 Å². The summed E-state index contributed by atoms with van der Waals surface area (Å²) in [7, 11) is 0. The van der Waals surface area contributed by atoms with Crippen molar-refractivity contribution in [2.24, 2.45) is 0 Å². The van der Waals surface area contributed by atoms with E-state index in [9.17, 15) is 14.0 Å². The van der Waals surface area contributed by atoms with Crippen LogP contribution in [0.1, 0.15) is 35.9 Å². The quantitative estimate of drug-likeness (QED) is 0.479. The summed E-state index contributed by atoms with van der Waals surface area (Å²) in [5.74, 6) is -0.727. The van der Waals surface area contributed by atoms with E-state index in [2.05, 4.69) is 15.4 Å². The molecule has 0 aliphatic heterocycles. The van der Waals surface area contributed by atoms with E-state index in [1.165, 1.54) is 12.1 Å². The van der Waals surface area contributed by atoms with Crippen molar-refractivity contribution < 1.29 is 9.18 Å². The van der Waals surface area contributed by atoms with Gasteiger partial charge in [0.25, 0.3) is 5.56 Å². The van der Waals surface area contributed by atoms with Gasteiger partial charge in [-0.25, -0.2) is 14.1 Å². The highest BCUT2D eigenvalue weighted by atomic mass is 19.1. The van der Waals surface area contributed by atoms with Crippen LogP contribution in [-0.2, 0) is 17.8 Å². The van der Waals surface area contributed by atoms with Gasteiger partial charge in [-0.2, -0.15) is 5.10 Å². The lowest BCUT2D eigenvalue weighted by molar-refractivity contribution is -0.116. The van der Waals surface area contributed by atoms with E-state index in [0.717, 1.165) is 16.8 Å². The number of anilines is 1. The number of aryl methyl sites for hydroxylation is 5. The highest BCUT2D eigenvalue weighted by Crippen LogP contribution is 2.21. The first-order valence-electron chi connectivity index (χ1n) is 10.9. The van der Waals surface area contributed by atoms with Crippen LogP contribution < -0.4 is 10.9 Å². The molecule has 0 aliphatic rings. The summed E-state index contributed by atoms with van der Waals surface area (Å²) in [5, 5.41) is 7.35. The minimum Gasteiger partial charge on any atom is -0.326 e. The van der Waals surface area contributed by atoms with Crippen LogP contribution >= 0.6 is 0 Å². The van der Waals surface area contributed by atoms with Crippen LogP contribution in [0.15, 0.2) is 47.3 Å². The first kappa shape index (κ1) is 22.4. The van der Waals surface area contributed by atoms with Crippen molar-refractivity contribution in [1.29, 1.82) is 0 Å². The molecule has 1 N–H and O–H groups in total. The molecule has 1 amide bonds. The van der Waals surface area contributed by atoms with Crippen molar-refractivity contribution in [3.8, 4) is 5.69 Å². The lowest BCUT2D eigenvalue weighted by atomic mass is 10.1. The van der Waals surface area contributed by atoms with E-state index in [1.807, 2.05) is 45.0 Å². The summed E-state index contributed by atoms with van der Waals surface area (Å²) in [6, 6.07) is 12.1. The number of carbonyl (C=O) groups excluding carboxylic acids is 1. The largest absolute Gasteiger partial charge is 0.326 e. The Morgan fingerprint density at radius 1 is 1.09 bits per heavy atom. The van der Waals surface area contributed by atoms with Gasteiger partial charge in [-0.05, 0) is 57.5 Å². The minimum atomic E-state index is -0.421. The maximum Gasteiger partial charge on any atom is 0.273 e. The van der Waals surface area contributed by atoms with Crippen LogP contribution in [0, 0.1) is 26.6 Å². The molecule has 0 spiro atoms. The average Bonchev–Trinajstić information content (AvgIpc) is 3.11. The number of benzene rings is 2. The van der Waals surface area contributed by atoms with Crippen LogP contribution in [0.3, 0.4) is 0 Å². The SMILES string of the molecule is CCn1c(=O)c(CCC(=O)Nc2cc(F)ccc2C)nc2c(C)nn(-c3ccc(C)cc3)c21. The Kier molecular flexibility index (Phi) is 6.09. The van der Waals surface area contributed by atoms with Gasteiger partial charge in [0.05, 0.1) is 11.4 Å². The number of aromatic nitrogens is 4. The number of nitrogens with zero attached hydrogens (tertiary/aromatic N) is 4. The second-order valence-corrected chi connectivity index (χ2v) is 8.12. The van der Waals surface area contributed by atoms with E-state index in [-0.39, 0.29) is 24.3 Å². The number of hydrogen-bond acceptors (Lipinski definition) is 4. The van der Waals surface area contributed by atoms with Crippen LogP contribution in [0.2, 0.25) is 0 Å². The van der Waals surface area contributed by atoms with Crippen LogP contribution in [-0.4, -0.2) is 25.2 Å². The zero-order valence-electron chi connectivity index (χ0n) is 19.1. The predicted octanol–water partition coefficient (Wildman–Crippen LogP) is 4.24. The number of hydrogen-bond donors (Lipinski definition) is 1. The lowest BCUT2D eigenvalue weighted by Crippen LogP contribution is -2.27. The van der Waals surface area contributed by atoms with Crippen molar-refractivity contribution in [1.82, 2.24) is 19.3 Å². The Bertz CT molecular complexity index is 1400. The third-order valence-electron chi connectivity index (χ3n) is 5.66. The molecule has 0 unspecified atom stereocenters. The van der Waals surface area contributed by atoms with E-state index in [0.29, 0.717) is 34.8 Å². The van der Waals surface area contributed by atoms with E-state index < -0.39 is 5.82 Å². The number of halogens is 1. The molecule has 0 bridgehead atoms. The Labute approximate surface area is 190 Å². The topological polar surface area (TPSA) is 81.8 Å². The molecule has 2 heterocycles. The molecular weight excluding hydrogens is 421 g/mol. The molecule has 0 atom stereocenters. The average molecular weight is 448 g/mol. The normalized spacial score (nSPS) is 11.2. The molecule has 0 saturated carbocycles. The molecule has 0 fully saturated rings. The van der Waals surface area contributed by atoms with Crippen molar-refractivity contribution in [3.05, 3.63) is 81.2 Å². The smallest absolute Gasteiger partial charge is 0.273 e. The zero-order chi connectivity index (χ0) is 23.7. The van der Waals surface area contributed by atoms with Crippen LogP contribution in [0.5, 0.6) is 0 Å². The third-order valence-corrected chi connectivity index (χ3v) is 5.66. The number of carbonyl (C=O) groups is 1. The summed E-state index contributed by atoms with van der Waals surface area (Å²) in [6.07, 6.45) is 0.225. The second kappa shape index (κ2) is 8.97.